The van der Waals surface area contributed by atoms with Crippen molar-refractivity contribution in [1.29, 1.82) is 0 Å². The first kappa shape index (κ1) is 10.4. The number of ether oxygens (including phenoxy) is 1. The molecular weight excluding hydrogens is 184 g/mol. The molecule has 1 rings (SSSR count). The number of carbonyl (C=O) groups is 1. The van der Waals surface area contributed by atoms with Gasteiger partial charge in [-0.05, 0) is 13.3 Å². The van der Waals surface area contributed by atoms with Crippen LogP contribution in [0.1, 0.15) is 18.2 Å². The predicted molar refractivity (Wildman–Crippen MR) is 49.3 cm³/mol. The minimum atomic E-state index is -1.01. The van der Waals surface area contributed by atoms with E-state index < -0.39 is 5.97 Å². The maximum absolute atomic E-state index is 10.3. The van der Waals surface area contributed by atoms with Crippen LogP contribution in [0.5, 0.6) is 5.88 Å². The Bertz CT molecular complexity index is 339. The SMILES string of the molecule is CCc1c(C)ncnc1OCC(=O)O. The van der Waals surface area contributed by atoms with E-state index in [4.69, 9.17) is 9.84 Å². The molecule has 0 fully saturated rings. The van der Waals surface area contributed by atoms with E-state index in [-0.39, 0.29) is 6.61 Å². The molecule has 0 amide bonds. The summed E-state index contributed by atoms with van der Waals surface area (Å²) in [5.41, 5.74) is 1.68. The Morgan fingerprint density at radius 1 is 1.57 bits per heavy atom. The molecule has 0 saturated carbocycles. The molecule has 76 valence electrons. The summed E-state index contributed by atoms with van der Waals surface area (Å²) in [6.07, 6.45) is 2.09. The highest BCUT2D eigenvalue weighted by Crippen LogP contribution is 2.17. The zero-order valence-electron chi connectivity index (χ0n) is 8.15. The second kappa shape index (κ2) is 4.55. The van der Waals surface area contributed by atoms with Gasteiger partial charge < -0.3 is 9.84 Å². The lowest BCUT2D eigenvalue weighted by molar-refractivity contribution is -0.139. The van der Waals surface area contributed by atoms with Crippen molar-refractivity contribution in [3.05, 3.63) is 17.6 Å². The smallest absolute Gasteiger partial charge is 0.341 e. The van der Waals surface area contributed by atoms with Gasteiger partial charge >= 0.3 is 5.97 Å². The summed E-state index contributed by atoms with van der Waals surface area (Å²) in [5.74, 6) is -0.647. The molecule has 0 spiro atoms. The van der Waals surface area contributed by atoms with E-state index in [0.29, 0.717) is 5.88 Å². The Morgan fingerprint density at radius 3 is 2.86 bits per heavy atom. The van der Waals surface area contributed by atoms with Gasteiger partial charge in [0.15, 0.2) is 6.61 Å². The minimum Gasteiger partial charge on any atom is -0.479 e. The molecule has 0 saturated heterocycles. The first-order valence-corrected chi connectivity index (χ1v) is 4.30. The third-order valence-corrected chi connectivity index (χ3v) is 1.81. The van der Waals surface area contributed by atoms with Crippen molar-refractivity contribution in [3.63, 3.8) is 0 Å². The van der Waals surface area contributed by atoms with Crippen LogP contribution < -0.4 is 4.74 Å². The molecule has 1 aromatic rings. The van der Waals surface area contributed by atoms with Crippen LogP contribution in [0.4, 0.5) is 0 Å². The molecule has 0 aliphatic heterocycles. The highest BCUT2D eigenvalue weighted by molar-refractivity contribution is 5.68. The quantitative estimate of drug-likeness (QED) is 0.771. The summed E-state index contributed by atoms with van der Waals surface area (Å²) >= 11 is 0. The largest absolute Gasteiger partial charge is 0.479 e. The molecule has 0 unspecified atom stereocenters. The first-order chi connectivity index (χ1) is 6.65. The summed E-state index contributed by atoms with van der Waals surface area (Å²) in [5, 5.41) is 8.44. The second-order valence-electron chi connectivity index (χ2n) is 2.78. The third kappa shape index (κ3) is 2.42. The van der Waals surface area contributed by atoms with Crippen molar-refractivity contribution >= 4 is 5.97 Å². The number of hydrogen-bond acceptors (Lipinski definition) is 4. The van der Waals surface area contributed by atoms with Gasteiger partial charge in [0.2, 0.25) is 5.88 Å². The molecular formula is C9H12N2O3. The fourth-order valence-electron chi connectivity index (χ4n) is 1.14. The van der Waals surface area contributed by atoms with E-state index in [1.807, 2.05) is 13.8 Å². The van der Waals surface area contributed by atoms with Crippen LogP contribution in [0, 0.1) is 6.92 Å². The number of rotatable bonds is 4. The fourth-order valence-corrected chi connectivity index (χ4v) is 1.14. The number of carboxylic acid groups (broad SMARTS) is 1. The van der Waals surface area contributed by atoms with Gasteiger partial charge in [0.25, 0.3) is 0 Å². The molecule has 0 radical (unpaired) electrons. The van der Waals surface area contributed by atoms with E-state index in [2.05, 4.69) is 9.97 Å². The third-order valence-electron chi connectivity index (χ3n) is 1.81. The summed E-state index contributed by atoms with van der Waals surface area (Å²) in [6, 6.07) is 0. The fraction of sp³-hybridized carbons (Fsp3) is 0.444. The van der Waals surface area contributed by atoms with Gasteiger partial charge in [-0.3, -0.25) is 0 Å². The van der Waals surface area contributed by atoms with Crippen molar-refractivity contribution in [2.24, 2.45) is 0 Å². The Hall–Kier alpha value is -1.65. The van der Waals surface area contributed by atoms with Gasteiger partial charge in [-0.2, -0.15) is 0 Å². The summed E-state index contributed by atoms with van der Waals surface area (Å²) in [6.45, 7) is 3.41. The van der Waals surface area contributed by atoms with Gasteiger partial charge in [-0.25, -0.2) is 14.8 Å². The molecule has 5 heteroatoms. The van der Waals surface area contributed by atoms with E-state index in [1.54, 1.807) is 0 Å². The Kier molecular flexibility index (Phi) is 3.39. The molecule has 0 atom stereocenters. The van der Waals surface area contributed by atoms with E-state index in [0.717, 1.165) is 17.7 Å². The van der Waals surface area contributed by atoms with Crippen LogP contribution in [0.15, 0.2) is 6.33 Å². The maximum Gasteiger partial charge on any atom is 0.341 e. The lowest BCUT2D eigenvalue weighted by Crippen LogP contribution is -2.12. The van der Waals surface area contributed by atoms with Crippen LogP contribution in [-0.4, -0.2) is 27.7 Å². The average molecular weight is 196 g/mol. The van der Waals surface area contributed by atoms with E-state index in [1.165, 1.54) is 6.33 Å². The Balaban J connectivity index is 2.85. The van der Waals surface area contributed by atoms with Crippen molar-refractivity contribution < 1.29 is 14.6 Å². The second-order valence-corrected chi connectivity index (χ2v) is 2.78. The predicted octanol–water partition coefficient (Wildman–Crippen LogP) is 0.811. The van der Waals surface area contributed by atoms with Crippen molar-refractivity contribution in [2.75, 3.05) is 6.61 Å². The van der Waals surface area contributed by atoms with Crippen LogP contribution in [0.3, 0.4) is 0 Å². The number of carboxylic acids is 1. The summed E-state index contributed by atoms with van der Waals surface area (Å²) in [4.78, 5) is 18.2. The molecule has 0 aliphatic carbocycles. The maximum atomic E-state index is 10.3. The molecule has 1 N–H and O–H groups in total. The Labute approximate surface area is 81.8 Å². The van der Waals surface area contributed by atoms with Crippen molar-refractivity contribution in [2.45, 2.75) is 20.3 Å². The molecule has 0 bridgehead atoms. The number of aromatic nitrogens is 2. The molecule has 14 heavy (non-hydrogen) atoms. The van der Waals surface area contributed by atoms with Crippen molar-refractivity contribution in [1.82, 2.24) is 9.97 Å². The van der Waals surface area contributed by atoms with Gasteiger partial charge in [0.05, 0.1) is 0 Å². The van der Waals surface area contributed by atoms with Crippen LogP contribution in [-0.2, 0) is 11.2 Å². The van der Waals surface area contributed by atoms with E-state index >= 15 is 0 Å². The highest BCUT2D eigenvalue weighted by atomic mass is 16.5. The molecule has 0 aliphatic rings. The van der Waals surface area contributed by atoms with Crippen molar-refractivity contribution in [3.8, 4) is 5.88 Å². The molecule has 1 heterocycles. The highest BCUT2D eigenvalue weighted by Gasteiger charge is 2.08. The number of aliphatic carboxylic acids is 1. The molecule has 5 nitrogen and oxygen atoms in total. The number of aryl methyl sites for hydroxylation is 1. The molecule has 1 aromatic heterocycles. The topological polar surface area (TPSA) is 72.3 Å². The Morgan fingerprint density at radius 2 is 2.29 bits per heavy atom. The first-order valence-electron chi connectivity index (χ1n) is 4.30. The van der Waals surface area contributed by atoms with Gasteiger partial charge in [0.1, 0.15) is 6.33 Å². The molecule has 0 aromatic carbocycles. The lowest BCUT2D eigenvalue weighted by atomic mass is 10.2. The lowest BCUT2D eigenvalue weighted by Gasteiger charge is -2.08. The standard InChI is InChI=1S/C9H12N2O3/c1-3-7-6(2)10-5-11-9(7)14-4-8(12)13/h5H,3-4H2,1-2H3,(H,12,13). The van der Waals surface area contributed by atoms with Gasteiger partial charge in [0, 0.05) is 11.3 Å². The monoisotopic (exact) mass is 196 g/mol. The zero-order chi connectivity index (χ0) is 10.6. The average Bonchev–Trinajstić information content (AvgIpc) is 2.14. The van der Waals surface area contributed by atoms with Gasteiger partial charge in [-0.15, -0.1) is 0 Å². The normalized spacial score (nSPS) is 9.86. The number of hydrogen-bond donors (Lipinski definition) is 1. The van der Waals surface area contributed by atoms with Crippen LogP contribution in [0.25, 0.3) is 0 Å². The minimum absolute atomic E-state index is 0.363. The summed E-state index contributed by atoms with van der Waals surface area (Å²) < 4.78 is 5.02. The number of nitrogens with zero attached hydrogens (tertiary/aromatic N) is 2. The summed E-state index contributed by atoms with van der Waals surface area (Å²) in [7, 11) is 0. The zero-order valence-corrected chi connectivity index (χ0v) is 8.15. The van der Waals surface area contributed by atoms with Crippen LogP contribution >= 0.6 is 0 Å². The van der Waals surface area contributed by atoms with Crippen LogP contribution in [0.2, 0.25) is 0 Å². The van der Waals surface area contributed by atoms with E-state index in [9.17, 15) is 4.79 Å². The van der Waals surface area contributed by atoms with Gasteiger partial charge in [-0.1, -0.05) is 6.92 Å².